The summed E-state index contributed by atoms with van der Waals surface area (Å²) in [6.07, 6.45) is -4.37. The van der Waals surface area contributed by atoms with Crippen LogP contribution in [0.15, 0.2) is 24.3 Å². The molecule has 2 rings (SSSR count). The number of fused-ring (bicyclic) bond motifs is 1. The van der Waals surface area contributed by atoms with Gasteiger partial charge in [0.2, 0.25) is 0 Å². The van der Waals surface area contributed by atoms with Crippen LogP contribution in [-0.4, -0.2) is 4.98 Å². The Morgan fingerprint density at radius 3 is 2.53 bits per heavy atom. The van der Waals surface area contributed by atoms with Crippen molar-refractivity contribution in [1.82, 2.24) is 4.98 Å². The summed E-state index contributed by atoms with van der Waals surface area (Å²) in [5.74, 6) is 5.31. The number of aryl methyl sites for hydroxylation is 1. The molecule has 0 fully saturated rings. The molecular weight excluding hydrogens is 231 g/mol. The van der Waals surface area contributed by atoms with Crippen LogP contribution in [0.4, 0.5) is 18.9 Å². The first-order valence-corrected chi connectivity index (χ1v) is 4.87. The number of hydrazine groups is 1. The Kier molecular flexibility index (Phi) is 2.66. The number of aromatic nitrogens is 1. The van der Waals surface area contributed by atoms with Crippen molar-refractivity contribution in [2.75, 3.05) is 5.43 Å². The maximum absolute atomic E-state index is 12.5. The number of halogens is 3. The van der Waals surface area contributed by atoms with Crippen LogP contribution < -0.4 is 11.3 Å². The first kappa shape index (κ1) is 11.7. The molecule has 0 aliphatic rings. The SMILES string of the molecule is Cc1cc(NN)c2ccc(C(F)(F)F)cc2n1. The van der Waals surface area contributed by atoms with Crippen molar-refractivity contribution in [2.24, 2.45) is 5.84 Å². The molecule has 3 N–H and O–H groups in total. The fraction of sp³-hybridized carbons (Fsp3) is 0.182. The van der Waals surface area contributed by atoms with Crippen molar-refractivity contribution in [3.05, 3.63) is 35.5 Å². The van der Waals surface area contributed by atoms with E-state index in [1.165, 1.54) is 6.07 Å². The summed E-state index contributed by atoms with van der Waals surface area (Å²) in [7, 11) is 0. The third-order valence-corrected chi connectivity index (χ3v) is 2.42. The van der Waals surface area contributed by atoms with E-state index in [2.05, 4.69) is 10.4 Å². The number of hydrogen-bond acceptors (Lipinski definition) is 3. The van der Waals surface area contributed by atoms with Crippen LogP contribution in [0.3, 0.4) is 0 Å². The number of nitrogens with zero attached hydrogens (tertiary/aromatic N) is 1. The molecule has 0 aliphatic heterocycles. The lowest BCUT2D eigenvalue weighted by atomic mass is 10.1. The molecule has 1 aromatic heterocycles. The summed E-state index contributed by atoms with van der Waals surface area (Å²) in [6.45, 7) is 1.69. The molecule has 0 saturated heterocycles. The van der Waals surface area contributed by atoms with Gasteiger partial charge in [-0.1, -0.05) is 6.07 Å². The molecule has 0 atom stereocenters. The zero-order valence-electron chi connectivity index (χ0n) is 8.97. The van der Waals surface area contributed by atoms with E-state index in [1.807, 2.05) is 0 Å². The highest BCUT2D eigenvalue weighted by atomic mass is 19.4. The van der Waals surface area contributed by atoms with Crippen molar-refractivity contribution in [1.29, 1.82) is 0 Å². The van der Waals surface area contributed by atoms with Gasteiger partial charge in [-0.2, -0.15) is 13.2 Å². The Hall–Kier alpha value is -1.82. The maximum Gasteiger partial charge on any atom is 0.416 e. The third kappa shape index (κ3) is 2.16. The molecule has 90 valence electrons. The van der Waals surface area contributed by atoms with Gasteiger partial charge in [0.15, 0.2) is 0 Å². The lowest BCUT2D eigenvalue weighted by molar-refractivity contribution is -0.137. The molecule has 2 aromatic rings. The van der Waals surface area contributed by atoms with Crippen LogP contribution in [0.2, 0.25) is 0 Å². The molecule has 0 saturated carbocycles. The average molecular weight is 241 g/mol. The summed E-state index contributed by atoms with van der Waals surface area (Å²) in [5.41, 5.74) is 3.16. The molecule has 17 heavy (non-hydrogen) atoms. The van der Waals surface area contributed by atoms with Gasteiger partial charge in [0.05, 0.1) is 16.8 Å². The largest absolute Gasteiger partial charge is 0.416 e. The first-order valence-electron chi connectivity index (χ1n) is 4.87. The van der Waals surface area contributed by atoms with Gasteiger partial charge in [-0.15, -0.1) is 0 Å². The molecular formula is C11H10F3N3. The standard InChI is InChI=1S/C11H10F3N3/c1-6-4-10(17-15)8-3-2-7(11(12,13)14)5-9(8)16-6/h2-5H,15H2,1H3,(H,16,17). The summed E-state index contributed by atoms with van der Waals surface area (Å²) in [6, 6.07) is 5.07. The fourth-order valence-corrected chi connectivity index (χ4v) is 1.66. The molecule has 1 heterocycles. The summed E-state index contributed by atoms with van der Waals surface area (Å²) < 4.78 is 37.6. The number of benzene rings is 1. The minimum Gasteiger partial charge on any atom is -0.323 e. The van der Waals surface area contributed by atoms with E-state index in [9.17, 15) is 13.2 Å². The van der Waals surface area contributed by atoms with Crippen molar-refractivity contribution in [3.63, 3.8) is 0 Å². The van der Waals surface area contributed by atoms with E-state index in [4.69, 9.17) is 5.84 Å². The highest BCUT2D eigenvalue weighted by molar-refractivity contribution is 5.91. The van der Waals surface area contributed by atoms with Gasteiger partial charge >= 0.3 is 6.18 Å². The molecule has 0 aliphatic carbocycles. The normalized spacial score (nSPS) is 11.8. The highest BCUT2D eigenvalue weighted by Crippen LogP contribution is 2.32. The average Bonchev–Trinajstić information content (AvgIpc) is 2.25. The molecule has 0 radical (unpaired) electrons. The van der Waals surface area contributed by atoms with Crippen molar-refractivity contribution >= 4 is 16.6 Å². The Balaban J connectivity index is 2.70. The number of rotatable bonds is 1. The van der Waals surface area contributed by atoms with E-state index in [-0.39, 0.29) is 5.52 Å². The number of anilines is 1. The number of nitrogens with two attached hydrogens (primary N) is 1. The topological polar surface area (TPSA) is 50.9 Å². The Morgan fingerprint density at radius 2 is 1.94 bits per heavy atom. The molecule has 0 bridgehead atoms. The second kappa shape index (κ2) is 3.89. The van der Waals surface area contributed by atoms with E-state index in [0.717, 1.165) is 12.1 Å². The minimum absolute atomic E-state index is 0.271. The lowest BCUT2D eigenvalue weighted by Crippen LogP contribution is -2.09. The molecule has 3 nitrogen and oxygen atoms in total. The monoisotopic (exact) mass is 241 g/mol. The smallest absolute Gasteiger partial charge is 0.323 e. The van der Waals surface area contributed by atoms with Crippen LogP contribution in [0, 0.1) is 6.92 Å². The first-order chi connectivity index (χ1) is 7.91. The van der Waals surface area contributed by atoms with Crippen LogP contribution >= 0.6 is 0 Å². The zero-order valence-corrected chi connectivity index (χ0v) is 8.97. The fourth-order valence-electron chi connectivity index (χ4n) is 1.66. The summed E-state index contributed by atoms with van der Waals surface area (Å²) >= 11 is 0. The van der Waals surface area contributed by atoms with Crippen LogP contribution in [0.1, 0.15) is 11.3 Å². The number of alkyl halides is 3. The van der Waals surface area contributed by atoms with E-state index in [1.54, 1.807) is 13.0 Å². The molecule has 0 unspecified atom stereocenters. The highest BCUT2D eigenvalue weighted by Gasteiger charge is 2.30. The van der Waals surface area contributed by atoms with Gasteiger partial charge in [0.1, 0.15) is 0 Å². The van der Waals surface area contributed by atoms with Gasteiger partial charge in [-0.25, -0.2) is 0 Å². The van der Waals surface area contributed by atoms with Crippen molar-refractivity contribution < 1.29 is 13.2 Å². The number of nitrogens with one attached hydrogen (secondary N) is 1. The van der Waals surface area contributed by atoms with Gasteiger partial charge in [0, 0.05) is 11.1 Å². The number of hydrogen-bond donors (Lipinski definition) is 2. The Labute approximate surface area is 95.4 Å². The maximum atomic E-state index is 12.5. The van der Waals surface area contributed by atoms with Crippen molar-refractivity contribution in [3.8, 4) is 0 Å². The van der Waals surface area contributed by atoms with E-state index >= 15 is 0 Å². The quantitative estimate of drug-likeness (QED) is 0.596. The third-order valence-electron chi connectivity index (χ3n) is 2.42. The summed E-state index contributed by atoms with van der Waals surface area (Å²) in [5, 5.41) is 0.561. The van der Waals surface area contributed by atoms with Crippen LogP contribution in [0.25, 0.3) is 10.9 Å². The Morgan fingerprint density at radius 1 is 1.24 bits per heavy atom. The number of pyridine rings is 1. The van der Waals surface area contributed by atoms with Crippen LogP contribution in [-0.2, 0) is 6.18 Å². The molecule has 6 heteroatoms. The number of nitrogen functional groups attached to an aromatic ring is 1. The Bertz CT molecular complexity index is 564. The predicted molar refractivity (Wildman–Crippen MR) is 59.3 cm³/mol. The lowest BCUT2D eigenvalue weighted by Gasteiger charge is -2.10. The second-order valence-corrected chi connectivity index (χ2v) is 3.69. The van der Waals surface area contributed by atoms with Crippen LogP contribution in [0.5, 0.6) is 0 Å². The zero-order chi connectivity index (χ0) is 12.6. The van der Waals surface area contributed by atoms with E-state index < -0.39 is 11.7 Å². The molecule has 0 amide bonds. The molecule has 1 aromatic carbocycles. The predicted octanol–water partition coefficient (Wildman–Crippen LogP) is 2.85. The van der Waals surface area contributed by atoms with Gasteiger partial charge in [-0.3, -0.25) is 10.8 Å². The minimum atomic E-state index is -4.37. The summed E-state index contributed by atoms with van der Waals surface area (Å²) in [4.78, 5) is 4.06. The van der Waals surface area contributed by atoms with Gasteiger partial charge in [-0.05, 0) is 25.1 Å². The van der Waals surface area contributed by atoms with Crippen molar-refractivity contribution in [2.45, 2.75) is 13.1 Å². The van der Waals surface area contributed by atoms with Gasteiger partial charge < -0.3 is 5.43 Å². The van der Waals surface area contributed by atoms with E-state index in [0.29, 0.717) is 16.8 Å². The van der Waals surface area contributed by atoms with Gasteiger partial charge in [0.25, 0.3) is 0 Å². The molecule has 0 spiro atoms. The second-order valence-electron chi connectivity index (χ2n) is 3.69.